The van der Waals surface area contributed by atoms with Crippen LogP contribution in [0.25, 0.3) is 0 Å². The maximum Gasteiger partial charge on any atom is 0.340 e. The van der Waals surface area contributed by atoms with Gasteiger partial charge in [-0.25, -0.2) is 9.18 Å². The van der Waals surface area contributed by atoms with Gasteiger partial charge in [0.1, 0.15) is 5.82 Å². The molecule has 1 aromatic rings. The van der Waals surface area contributed by atoms with Crippen molar-refractivity contribution in [3.05, 3.63) is 23.5 Å². The highest BCUT2D eigenvalue weighted by Crippen LogP contribution is 2.22. The smallest absolute Gasteiger partial charge is 0.340 e. The van der Waals surface area contributed by atoms with Crippen molar-refractivity contribution in [2.75, 3.05) is 44.3 Å². The molecule has 112 valence electrons. The summed E-state index contributed by atoms with van der Waals surface area (Å²) in [5.41, 5.74) is 6.10. The van der Waals surface area contributed by atoms with E-state index in [1.54, 1.807) is 0 Å². The van der Waals surface area contributed by atoms with E-state index in [2.05, 4.69) is 28.8 Å². The number of nitrogen functional groups attached to an aromatic ring is 1. The number of ether oxygens (including phenoxy) is 1. The van der Waals surface area contributed by atoms with Gasteiger partial charge < -0.3 is 20.7 Å². The van der Waals surface area contributed by atoms with Crippen molar-refractivity contribution in [2.45, 2.75) is 13.8 Å². The lowest BCUT2D eigenvalue weighted by atomic mass is 10.1. The molecule has 0 aliphatic carbocycles. The van der Waals surface area contributed by atoms with Crippen molar-refractivity contribution in [1.29, 1.82) is 0 Å². The Bertz CT molecular complexity index is 462. The number of nitrogens with zero attached hydrogens (tertiary/aromatic N) is 1. The normalized spacial score (nSPS) is 10.7. The molecular formula is C14H22FN3O2. The molecule has 3 N–H and O–H groups in total. The van der Waals surface area contributed by atoms with Gasteiger partial charge in [0.2, 0.25) is 0 Å². The van der Waals surface area contributed by atoms with Crippen LogP contribution in [0.1, 0.15) is 24.2 Å². The quantitative estimate of drug-likeness (QED) is 0.591. The zero-order chi connectivity index (χ0) is 15.1. The number of anilines is 2. The number of likely N-dealkylation sites (N-methyl/N-ethyl adjacent to an activating group) is 1. The van der Waals surface area contributed by atoms with E-state index in [4.69, 9.17) is 5.73 Å². The first-order chi connectivity index (χ1) is 9.53. The van der Waals surface area contributed by atoms with Gasteiger partial charge in [-0.05, 0) is 25.2 Å². The molecule has 0 saturated carbocycles. The number of methoxy groups -OCH3 is 1. The molecule has 0 amide bonds. The summed E-state index contributed by atoms with van der Waals surface area (Å²) in [5, 5.41) is 2.98. The minimum Gasteiger partial charge on any atom is -0.465 e. The second-order valence-corrected chi connectivity index (χ2v) is 4.36. The Morgan fingerprint density at radius 3 is 2.60 bits per heavy atom. The number of rotatable bonds is 7. The number of esters is 1. The number of hydrogen-bond donors (Lipinski definition) is 2. The van der Waals surface area contributed by atoms with Crippen LogP contribution in [0.2, 0.25) is 0 Å². The minimum atomic E-state index is -0.575. The van der Waals surface area contributed by atoms with E-state index in [0.29, 0.717) is 6.54 Å². The van der Waals surface area contributed by atoms with Crippen molar-refractivity contribution in [2.24, 2.45) is 0 Å². The zero-order valence-electron chi connectivity index (χ0n) is 12.2. The summed E-state index contributed by atoms with van der Waals surface area (Å²) in [7, 11) is 1.26. The lowest BCUT2D eigenvalue weighted by Gasteiger charge is -2.19. The molecule has 0 atom stereocenters. The van der Waals surface area contributed by atoms with Crippen molar-refractivity contribution < 1.29 is 13.9 Å². The largest absolute Gasteiger partial charge is 0.465 e. The van der Waals surface area contributed by atoms with Crippen LogP contribution in [0.5, 0.6) is 0 Å². The predicted molar refractivity (Wildman–Crippen MR) is 78.4 cm³/mol. The van der Waals surface area contributed by atoms with Crippen molar-refractivity contribution >= 4 is 17.3 Å². The molecular weight excluding hydrogens is 261 g/mol. The fourth-order valence-electron chi connectivity index (χ4n) is 1.90. The third-order valence-electron chi connectivity index (χ3n) is 3.18. The minimum absolute atomic E-state index is 0.0728. The van der Waals surface area contributed by atoms with E-state index in [1.807, 2.05) is 0 Å². The number of nitrogens with two attached hydrogens (primary N) is 1. The van der Waals surface area contributed by atoms with Crippen molar-refractivity contribution in [1.82, 2.24) is 4.90 Å². The third-order valence-corrected chi connectivity index (χ3v) is 3.18. The molecule has 0 saturated heterocycles. The summed E-state index contributed by atoms with van der Waals surface area (Å²) in [6.45, 7) is 7.41. The summed E-state index contributed by atoms with van der Waals surface area (Å²) in [6, 6.07) is 2.52. The summed E-state index contributed by atoms with van der Waals surface area (Å²) in [6.07, 6.45) is 0. The Morgan fingerprint density at radius 1 is 1.40 bits per heavy atom. The van der Waals surface area contributed by atoms with Crippen LogP contribution in [0.4, 0.5) is 15.8 Å². The Morgan fingerprint density at radius 2 is 2.05 bits per heavy atom. The lowest BCUT2D eigenvalue weighted by Crippen LogP contribution is -2.28. The van der Waals surface area contributed by atoms with Crippen LogP contribution in [-0.2, 0) is 4.74 Å². The van der Waals surface area contributed by atoms with E-state index in [-0.39, 0.29) is 16.9 Å². The second kappa shape index (κ2) is 7.69. The third kappa shape index (κ3) is 4.09. The van der Waals surface area contributed by atoms with Gasteiger partial charge in [0, 0.05) is 18.8 Å². The highest BCUT2D eigenvalue weighted by atomic mass is 19.1. The van der Waals surface area contributed by atoms with E-state index in [9.17, 15) is 9.18 Å². The van der Waals surface area contributed by atoms with Gasteiger partial charge >= 0.3 is 5.97 Å². The number of carbonyl (C=O) groups is 1. The first-order valence-corrected chi connectivity index (χ1v) is 6.67. The molecule has 0 unspecified atom stereocenters. The molecule has 0 spiro atoms. The van der Waals surface area contributed by atoms with Gasteiger partial charge in [0.15, 0.2) is 0 Å². The summed E-state index contributed by atoms with van der Waals surface area (Å²) < 4.78 is 18.4. The van der Waals surface area contributed by atoms with Gasteiger partial charge in [-0.1, -0.05) is 13.8 Å². The summed E-state index contributed by atoms with van der Waals surface area (Å²) in [4.78, 5) is 13.7. The average Bonchev–Trinajstić information content (AvgIpc) is 2.44. The van der Waals surface area contributed by atoms with Gasteiger partial charge in [-0.2, -0.15) is 0 Å². The van der Waals surface area contributed by atoms with Crippen molar-refractivity contribution in [3.63, 3.8) is 0 Å². The second-order valence-electron chi connectivity index (χ2n) is 4.36. The van der Waals surface area contributed by atoms with Crippen molar-refractivity contribution in [3.8, 4) is 0 Å². The molecule has 0 fully saturated rings. The molecule has 0 bridgehead atoms. The number of nitrogens with one attached hydrogen (secondary N) is 1. The van der Waals surface area contributed by atoms with Gasteiger partial charge in [-0.3, -0.25) is 0 Å². The Labute approximate surface area is 118 Å². The predicted octanol–water partition coefficient (Wildman–Crippen LogP) is 1.95. The van der Waals surface area contributed by atoms with Crippen LogP contribution < -0.4 is 11.1 Å². The Kier molecular flexibility index (Phi) is 6.24. The van der Waals surface area contributed by atoms with E-state index < -0.39 is 11.8 Å². The Balaban J connectivity index is 2.77. The van der Waals surface area contributed by atoms with E-state index in [0.717, 1.165) is 25.7 Å². The average molecular weight is 283 g/mol. The molecule has 0 aliphatic heterocycles. The van der Waals surface area contributed by atoms with Crippen LogP contribution >= 0.6 is 0 Å². The monoisotopic (exact) mass is 283 g/mol. The van der Waals surface area contributed by atoms with Crippen LogP contribution in [0.3, 0.4) is 0 Å². The molecule has 1 rings (SSSR count). The number of benzene rings is 1. The molecule has 6 heteroatoms. The molecule has 0 aromatic heterocycles. The Hall–Kier alpha value is -1.82. The molecule has 5 nitrogen and oxygen atoms in total. The lowest BCUT2D eigenvalue weighted by molar-refractivity contribution is 0.0602. The van der Waals surface area contributed by atoms with Crippen LogP contribution in [0, 0.1) is 5.82 Å². The first kappa shape index (κ1) is 16.2. The highest BCUT2D eigenvalue weighted by molar-refractivity contribution is 5.96. The van der Waals surface area contributed by atoms with Crippen LogP contribution in [0.15, 0.2) is 12.1 Å². The molecule has 0 heterocycles. The fourth-order valence-corrected chi connectivity index (χ4v) is 1.90. The SMILES string of the molecule is CCN(CC)CCNc1cc(C(=O)OC)c(N)cc1F. The number of halogens is 1. The topological polar surface area (TPSA) is 67.6 Å². The zero-order valence-corrected chi connectivity index (χ0v) is 12.2. The standard InChI is InChI=1S/C14H22FN3O2/c1-4-18(5-2)7-6-17-13-8-10(14(19)20-3)12(16)9-11(13)15/h8-9,17H,4-7,16H2,1-3H3. The van der Waals surface area contributed by atoms with Gasteiger partial charge in [-0.15, -0.1) is 0 Å². The highest BCUT2D eigenvalue weighted by Gasteiger charge is 2.14. The fraction of sp³-hybridized carbons (Fsp3) is 0.500. The molecule has 0 radical (unpaired) electrons. The molecule has 20 heavy (non-hydrogen) atoms. The summed E-state index contributed by atoms with van der Waals surface area (Å²) >= 11 is 0. The maximum absolute atomic E-state index is 13.8. The van der Waals surface area contributed by atoms with E-state index >= 15 is 0 Å². The van der Waals surface area contributed by atoms with Gasteiger partial charge in [0.25, 0.3) is 0 Å². The van der Waals surface area contributed by atoms with Gasteiger partial charge in [0.05, 0.1) is 18.4 Å². The molecule has 0 aliphatic rings. The van der Waals surface area contributed by atoms with Crippen LogP contribution in [-0.4, -0.2) is 44.2 Å². The first-order valence-electron chi connectivity index (χ1n) is 6.67. The molecule has 1 aromatic carbocycles. The van der Waals surface area contributed by atoms with E-state index in [1.165, 1.54) is 13.2 Å². The summed E-state index contributed by atoms with van der Waals surface area (Å²) in [5.74, 6) is -1.05. The number of hydrogen-bond acceptors (Lipinski definition) is 5. The maximum atomic E-state index is 13.8. The number of carbonyl (C=O) groups excluding carboxylic acids is 1.